The zero-order chi connectivity index (χ0) is 16.5. The van der Waals surface area contributed by atoms with E-state index < -0.39 is 6.09 Å². The number of hydrogen-bond donors (Lipinski definition) is 2. The highest BCUT2D eigenvalue weighted by atomic mass is 16.5. The van der Waals surface area contributed by atoms with Gasteiger partial charge in [-0.25, -0.2) is 4.79 Å². The van der Waals surface area contributed by atoms with Crippen molar-refractivity contribution < 1.29 is 14.3 Å². The molecule has 1 atom stereocenters. The Balaban J connectivity index is 0. The lowest BCUT2D eigenvalue weighted by atomic mass is 10.1. The Labute approximate surface area is 130 Å². The number of methoxy groups -OCH3 is 1. The van der Waals surface area contributed by atoms with Crippen molar-refractivity contribution in [3.8, 4) is 0 Å². The van der Waals surface area contributed by atoms with E-state index in [1.165, 1.54) is 46.1 Å². The summed E-state index contributed by atoms with van der Waals surface area (Å²) in [7, 11) is 1.31. The molecule has 0 bridgehead atoms. The third-order valence-electron chi connectivity index (χ3n) is 2.95. The maximum atomic E-state index is 11.1. The predicted molar refractivity (Wildman–Crippen MR) is 87.1 cm³/mol. The van der Waals surface area contributed by atoms with Crippen molar-refractivity contribution in [3.05, 3.63) is 0 Å². The third kappa shape index (κ3) is 16.7. The third-order valence-corrected chi connectivity index (χ3v) is 2.95. The van der Waals surface area contributed by atoms with Gasteiger partial charge in [0.15, 0.2) is 0 Å². The van der Waals surface area contributed by atoms with Crippen LogP contribution in [0, 0.1) is 0 Å². The standard InChI is InChI=1S/C14H28N2O3.C2H6/c1-4-5-6-7-8-9-10-11-13(15-12(2)17)16-14(18)19-3;1-2/h13H,4-11H2,1-3H3,(H,15,17)(H,16,18);1-2H3. The van der Waals surface area contributed by atoms with Crippen LogP contribution < -0.4 is 10.6 Å². The molecule has 0 aliphatic heterocycles. The van der Waals surface area contributed by atoms with Crippen LogP contribution in [-0.2, 0) is 9.53 Å². The summed E-state index contributed by atoms with van der Waals surface area (Å²) in [5.74, 6) is -0.149. The van der Waals surface area contributed by atoms with Gasteiger partial charge in [0, 0.05) is 6.92 Å². The van der Waals surface area contributed by atoms with Crippen LogP contribution in [0.3, 0.4) is 0 Å². The number of hydrogen-bond acceptors (Lipinski definition) is 3. The molecule has 21 heavy (non-hydrogen) atoms. The summed E-state index contributed by atoms with van der Waals surface area (Å²) >= 11 is 0. The van der Waals surface area contributed by atoms with Gasteiger partial charge in [0.1, 0.15) is 6.17 Å². The molecule has 0 rings (SSSR count). The molecule has 0 saturated heterocycles. The van der Waals surface area contributed by atoms with E-state index in [1.54, 1.807) is 0 Å². The highest BCUT2D eigenvalue weighted by molar-refractivity contribution is 5.74. The first-order chi connectivity index (χ1) is 10.1. The second-order valence-corrected chi connectivity index (χ2v) is 4.80. The fourth-order valence-electron chi connectivity index (χ4n) is 1.93. The van der Waals surface area contributed by atoms with Gasteiger partial charge in [-0.1, -0.05) is 59.3 Å². The lowest BCUT2D eigenvalue weighted by molar-refractivity contribution is -0.119. The minimum atomic E-state index is -0.512. The number of carbonyl (C=O) groups excluding carboxylic acids is 2. The van der Waals surface area contributed by atoms with E-state index in [9.17, 15) is 9.59 Å². The van der Waals surface area contributed by atoms with Crippen LogP contribution in [0.25, 0.3) is 0 Å². The minimum Gasteiger partial charge on any atom is -0.453 e. The number of rotatable bonds is 10. The second-order valence-electron chi connectivity index (χ2n) is 4.80. The number of alkyl carbamates (subject to hydrolysis) is 1. The molecule has 2 N–H and O–H groups in total. The van der Waals surface area contributed by atoms with E-state index in [1.807, 2.05) is 13.8 Å². The van der Waals surface area contributed by atoms with Crippen LogP contribution >= 0.6 is 0 Å². The molecule has 5 heteroatoms. The lowest BCUT2D eigenvalue weighted by Crippen LogP contribution is -2.47. The van der Waals surface area contributed by atoms with E-state index in [2.05, 4.69) is 22.3 Å². The first kappa shape index (κ1) is 22.0. The molecule has 0 heterocycles. The highest BCUT2D eigenvalue weighted by Crippen LogP contribution is 2.09. The summed E-state index contributed by atoms with van der Waals surface area (Å²) in [6.07, 6.45) is 8.35. The molecule has 1 unspecified atom stereocenters. The SMILES string of the molecule is CC.CCCCCCCCCC(NC(C)=O)NC(=O)OC. The van der Waals surface area contributed by atoms with Gasteiger partial charge in [-0.2, -0.15) is 0 Å². The average Bonchev–Trinajstić information content (AvgIpc) is 2.47. The van der Waals surface area contributed by atoms with Crippen LogP contribution in [0.1, 0.15) is 79.1 Å². The molecule has 0 fully saturated rings. The second kappa shape index (κ2) is 16.8. The van der Waals surface area contributed by atoms with Crippen molar-refractivity contribution in [3.63, 3.8) is 0 Å². The molecular formula is C16H34N2O3. The Morgan fingerprint density at radius 2 is 1.48 bits per heavy atom. The first-order valence-corrected chi connectivity index (χ1v) is 8.21. The smallest absolute Gasteiger partial charge is 0.408 e. The fraction of sp³-hybridized carbons (Fsp3) is 0.875. The van der Waals surface area contributed by atoms with Crippen LogP contribution in [0.5, 0.6) is 0 Å². The summed E-state index contributed by atoms with van der Waals surface area (Å²) in [5.41, 5.74) is 0. The van der Waals surface area contributed by atoms with Crippen molar-refractivity contribution in [1.82, 2.24) is 10.6 Å². The van der Waals surface area contributed by atoms with Gasteiger partial charge < -0.3 is 15.4 Å². The number of unbranched alkanes of at least 4 members (excludes halogenated alkanes) is 6. The molecule has 0 aliphatic carbocycles. The van der Waals surface area contributed by atoms with Gasteiger partial charge in [-0.3, -0.25) is 4.79 Å². The number of nitrogens with one attached hydrogen (secondary N) is 2. The van der Waals surface area contributed by atoms with Crippen molar-refractivity contribution in [2.45, 2.75) is 85.2 Å². The summed E-state index contributed by atoms with van der Waals surface area (Å²) in [4.78, 5) is 22.2. The number of carbonyl (C=O) groups is 2. The molecule has 0 saturated carbocycles. The van der Waals surface area contributed by atoms with Crippen molar-refractivity contribution in [2.75, 3.05) is 7.11 Å². The van der Waals surface area contributed by atoms with E-state index in [4.69, 9.17) is 0 Å². The maximum Gasteiger partial charge on any atom is 0.408 e. The number of ether oxygens (including phenoxy) is 1. The summed E-state index contributed by atoms with van der Waals surface area (Å²) in [5, 5.41) is 5.32. The number of amides is 2. The zero-order valence-electron chi connectivity index (χ0n) is 14.5. The van der Waals surface area contributed by atoms with Gasteiger partial charge in [0.25, 0.3) is 0 Å². The molecule has 0 aromatic heterocycles. The fourth-order valence-corrected chi connectivity index (χ4v) is 1.93. The van der Waals surface area contributed by atoms with Gasteiger partial charge in [-0.05, 0) is 12.8 Å². The van der Waals surface area contributed by atoms with Crippen LogP contribution in [0.15, 0.2) is 0 Å². The van der Waals surface area contributed by atoms with Gasteiger partial charge in [0.05, 0.1) is 7.11 Å². The van der Waals surface area contributed by atoms with Crippen LogP contribution in [-0.4, -0.2) is 25.3 Å². The zero-order valence-corrected chi connectivity index (χ0v) is 14.5. The maximum absolute atomic E-state index is 11.1. The lowest BCUT2D eigenvalue weighted by Gasteiger charge is -2.18. The molecule has 0 aromatic carbocycles. The molecule has 2 amide bonds. The van der Waals surface area contributed by atoms with Crippen molar-refractivity contribution in [1.29, 1.82) is 0 Å². The van der Waals surface area contributed by atoms with E-state index in [0.29, 0.717) is 0 Å². The van der Waals surface area contributed by atoms with Crippen LogP contribution in [0.4, 0.5) is 4.79 Å². The molecule has 5 nitrogen and oxygen atoms in total. The normalized spacial score (nSPS) is 10.9. The highest BCUT2D eigenvalue weighted by Gasteiger charge is 2.12. The topological polar surface area (TPSA) is 67.4 Å². The monoisotopic (exact) mass is 302 g/mol. The Hall–Kier alpha value is -1.26. The first-order valence-electron chi connectivity index (χ1n) is 8.21. The Bertz CT molecular complexity index is 258. The van der Waals surface area contributed by atoms with E-state index in [0.717, 1.165) is 19.3 Å². The Kier molecular flexibility index (Phi) is 17.6. The van der Waals surface area contributed by atoms with E-state index in [-0.39, 0.29) is 12.1 Å². The van der Waals surface area contributed by atoms with Crippen molar-refractivity contribution in [2.24, 2.45) is 0 Å². The molecule has 0 aliphatic rings. The van der Waals surface area contributed by atoms with Gasteiger partial charge >= 0.3 is 6.09 Å². The molecular weight excluding hydrogens is 268 g/mol. The molecule has 0 radical (unpaired) electrons. The van der Waals surface area contributed by atoms with Crippen LogP contribution in [0.2, 0.25) is 0 Å². The largest absolute Gasteiger partial charge is 0.453 e. The molecule has 0 spiro atoms. The Morgan fingerprint density at radius 3 is 1.95 bits per heavy atom. The summed E-state index contributed by atoms with van der Waals surface area (Å²) in [6, 6.07) is 0. The van der Waals surface area contributed by atoms with E-state index >= 15 is 0 Å². The molecule has 0 aromatic rings. The predicted octanol–water partition coefficient (Wildman–Crippen LogP) is 3.97. The molecule has 126 valence electrons. The van der Waals surface area contributed by atoms with Gasteiger partial charge in [-0.15, -0.1) is 0 Å². The van der Waals surface area contributed by atoms with Crippen molar-refractivity contribution >= 4 is 12.0 Å². The summed E-state index contributed by atoms with van der Waals surface area (Å²) < 4.78 is 4.53. The quantitative estimate of drug-likeness (QED) is 0.474. The average molecular weight is 302 g/mol. The van der Waals surface area contributed by atoms with Gasteiger partial charge in [0.2, 0.25) is 5.91 Å². The summed E-state index contributed by atoms with van der Waals surface area (Å²) in [6.45, 7) is 7.65. The minimum absolute atomic E-state index is 0.149. The Morgan fingerprint density at radius 1 is 0.952 bits per heavy atom.